The predicted octanol–water partition coefficient (Wildman–Crippen LogP) is 3.04. The molecular weight excluding hydrogens is 224 g/mol. The average Bonchev–Trinajstić information content (AvgIpc) is 2.35. The lowest BCUT2D eigenvalue weighted by molar-refractivity contribution is -0.117. The van der Waals surface area contributed by atoms with Crippen LogP contribution in [0.4, 0.5) is 5.69 Å². The maximum Gasteiger partial charge on any atom is 0.241 e. The van der Waals surface area contributed by atoms with Gasteiger partial charge in [-0.15, -0.1) is 0 Å². The third kappa shape index (κ3) is 5.82. The molecular formula is C15H24N2O. The summed E-state index contributed by atoms with van der Waals surface area (Å²) < 4.78 is 0. The molecule has 0 aromatic heterocycles. The normalized spacial score (nSPS) is 12.4. The van der Waals surface area contributed by atoms with Crippen LogP contribution in [0.2, 0.25) is 0 Å². The first-order chi connectivity index (χ1) is 8.59. The highest BCUT2D eigenvalue weighted by atomic mass is 16.2. The molecule has 0 radical (unpaired) electrons. The van der Waals surface area contributed by atoms with E-state index in [9.17, 15) is 4.79 Å². The van der Waals surface area contributed by atoms with Gasteiger partial charge < -0.3 is 10.6 Å². The van der Waals surface area contributed by atoms with Gasteiger partial charge in [0.2, 0.25) is 5.91 Å². The molecule has 3 heteroatoms. The van der Waals surface area contributed by atoms with Crippen LogP contribution in [0.1, 0.15) is 33.6 Å². The molecule has 2 N–H and O–H groups in total. The Kier molecular flexibility index (Phi) is 6.44. The van der Waals surface area contributed by atoms with Crippen LogP contribution >= 0.6 is 0 Å². The Balaban J connectivity index is 2.25. The number of anilines is 1. The zero-order valence-electron chi connectivity index (χ0n) is 11.6. The fourth-order valence-corrected chi connectivity index (χ4v) is 1.69. The third-order valence-electron chi connectivity index (χ3n) is 2.84. The van der Waals surface area contributed by atoms with Crippen molar-refractivity contribution < 1.29 is 4.79 Å². The van der Waals surface area contributed by atoms with Crippen molar-refractivity contribution in [3.05, 3.63) is 30.3 Å². The molecule has 0 fully saturated rings. The van der Waals surface area contributed by atoms with Gasteiger partial charge in [-0.1, -0.05) is 32.0 Å². The molecule has 0 heterocycles. The molecule has 0 aliphatic rings. The highest BCUT2D eigenvalue weighted by Gasteiger charge is 2.11. The summed E-state index contributed by atoms with van der Waals surface area (Å²) in [6.07, 6.45) is 2.31. The largest absolute Gasteiger partial charge is 0.325 e. The minimum atomic E-state index is -0.155. The summed E-state index contributed by atoms with van der Waals surface area (Å²) in [5, 5.41) is 6.14. The lowest BCUT2D eigenvalue weighted by atomic mass is 10.1. The molecule has 1 rings (SSSR count). The molecule has 1 aromatic carbocycles. The lowest BCUT2D eigenvalue weighted by Crippen LogP contribution is -2.38. The van der Waals surface area contributed by atoms with Crippen LogP contribution in [0.25, 0.3) is 0 Å². The summed E-state index contributed by atoms with van der Waals surface area (Å²) in [6, 6.07) is 9.39. The zero-order valence-corrected chi connectivity index (χ0v) is 11.6. The maximum atomic E-state index is 11.9. The monoisotopic (exact) mass is 248 g/mol. The van der Waals surface area contributed by atoms with Crippen molar-refractivity contribution in [2.24, 2.45) is 5.92 Å². The first kappa shape index (κ1) is 14.7. The Bertz CT molecular complexity index is 349. The van der Waals surface area contributed by atoms with E-state index in [1.54, 1.807) is 0 Å². The van der Waals surface area contributed by atoms with Crippen LogP contribution in [0.15, 0.2) is 30.3 Å². The molecule has 100 valence electrons. The Hall–Kier alpha value is -1.35. The van der Waals surface area contributed by atoms with Crippen molar-refractivity contribution in [2.45, 2.75) is 39.7 Å². The summed E-state index contributed by atoms with van der Waals surface area (Å²) in [5.74, 6) is 0.742. The van der Waals surface area contributed by atoms with Gasteiger partial charge in [0.15, 0.2) is 0 Å². The molecule has 1 amide bonds. The van der Waals surface area contributed by atoms with E-state index in [1.807, 2.05) is 37.3 Å². The molecule has 3 nitrogen and oxygen atoms in total. The van der Waals surface area contributed by atoms with Crippen molar-refractivity contribution in [3.8, 4) is 0 Å². The smallest absolute Gasteiger partial charge is 0.241 e. The number of hydrogen-bond acceptors (Lipinski definition) is 2. The number of carbonyl (C=O) groups excluding carboxylic acids is 1. The van der Waals surface area contributed by atoms with Gasteiger partial charge in [-0.3, -0.25) is 4.79 Å². The quantitative estimate of drug-likeness (QED) is 0.728. The molecule has 1 aromatic rings. The molecule has 0 bridgehead atoms. The topological polar surface area (TPSA) is 41.1 Å². The van der Waals surface area contributed by atoms with Gasteiger partial charge in [-0.25, -0.2) is 0 Å². The van der Waals surface area contributed by atoms with E-state index < -0.39 is 0 Å². The van der Waals surface area contributed by atoms with Crippen LogP contribution in [0, 0.1) is 5.92 Å². The van der Waals surface area contributed by atoms with E-state index in [-0.39, 0.29) is 11.9 Å². The highest BCUT2D eigenvalue weighted by molar-refractivity contribution is 5.94. The Morgan fingerprint density at radius 3 is 2.44 bits per heavy atom. The Labute approximate surface area is 110 Å². The first-order valence-corrected chi connectivity index (χ1v) is 6.69. The third-order valence-corrected chi connectivity index (χ3v) is 2.84. The molecule has 18 heavy (non-hydrogen) atoms. The van der Waals surface area contributed by atoms with Gasteiger partial charge in [0.1, 0.15) is 0 Å². The minimum absolute atomic E-state index is 0.0192. The number of carbonyl (C=O) groups is 1. The van der Waals surface area contributed by atoms with Crippen LogP contribution < -0.4 is 10.6 Å². The van der Waals surface area contributed by atoms with Crippen molar-refractivity contribution in [3.63, 3.8) is 0 Å². The Morgan fingerprint density at radius 1 is 1.17 bits per heavy atom. The summed E-state index contributed by atoms with van der Waals surface area (Å²) in [6.45, 7) is 7.21. The van der Waals surface area contributed by atoms with E-state index in [2.05, 4.69) is 24.5 Å². The molecule has 0 aliphatic carbocycles. The molecule has 0 saturated carbocycles. The summed E-state index contributed by atoms with van der Waals surface area (Å²) in [7, 11) is 0. The Morgan fingerprint density at radius 2 is 1.83 bits per heavy atom. The minimum Gasteiger partial charge on any atom is -0.325 e. The second-order valence-corrected chi connectivity index (χ2v) is 5.07. The molecule has 0 saturated heterocycles. The second kappa shape index (κ2) is 7.88. The average molecular weight is 248 g/mol. The SMILES string of the molecule is CC(C)CCCNC(C)C(=O)Nc1ccccc1. The number of rotatable bonds is 7. The van der Waals surface area contributed by atoms with Crippen molar-refractivity contribution in [1.82, 2.24) is 5.32 Å². The standard InChI is InChI=1S/C15H24N2O/c1-12(2)8-7-11-16-13(3)15(18)17-14-9-5-4-6-10-14/h4-6,9-10,12-13,16H,7-8,11H2,1-3H3,(H,17,18). The number of amides is 1. The summed E-state index contributed by atoms with van der Waals surface area (Å²) >= 11 is 0. The first-order valence-electron chi connectivity index (χ1n) is 6.69. The van der Waals surface area contributed by atoms with E-state index in [4.69, 9.17) is 0 Å². The van der Waals surface area contributed by atoms with Crippen LogP contribution in [-0.2, 0) is 4.79 Å². The molecule has 0 aliphatic heterocycles. The van der Waals surface area contributed by atoms with Crippen LogP contribution in [0.3, 0.4) is 0 Å². The number of hydrogen-bond donors (Lipinski definition) is 2. The fraction of sp³-hybridized carbons (Fsp3) is 0.533. The van der Waals surface area contributed by atoms with Crippen molar-refractivity contribution in [2.75, 3.05) is 11.9 Å². The predicted molar refractivity (Wildman–Crippen MR) is 76.6 cm³/mol. The van der Waals surface area contributed by atoms with E-state index in [0.717, 1.165) is 24.6 Å². The molecule has 1 unspecified atom stereocenters. The van der Waals surface area contributed by atoms with Gasteiger partial charge in [0.05, 0.1) is 6.04 Å². The van der Waals surface area contributed by atoms with Crippen molar-refractivity contribution in [1.29, 1.82) is 0 Å². The zero-order chi connectivity index (χ0) is 13.4. The molecule has 1 atom stereocenters. The van der Waals surface area contributed by atoms with Crippen molar-refractivity contribution >= 4 is 11.6 Å². The van der Waals surface area contributed by atoms with Crippen LogP contribution in [-0.4, -0.2) is 18.5 Å². The summed E-state index contributed by atoms with van der Waals surface area (Å²) in [4.78, 5) is 11.9. The highest BCUT2D eigenvalue weighted by Crippen LogP contribution is 2.06. The van der Waals surface area contributed by atoms with E-state index in [0.29, 0.717) is 0 Å². The number of benzene rings is 1. The van der Waals surface area contributed by atoms with Crippen LogP contribution in [0.5, 0.6) is 0 Å². The fourth-order valence-electron chi connectivity index (χ4n) is 1.69. The summed E-state index contributed by atoms with van der Waals surface area (Å²) in [5.41, 5.74) is 0.846. The number of nitrogens with one attached hydrogen (secondary N) is 2. The van der Waals surface area contributed by atoms with E-state index in [1.165, 1.54) is 6.42 Å². The van der Waals surface area contributed by atoms with E-state index >= 15 is 0 Å². The molecule has 0 spiro atoms. The second-order valence-electron chi connectivity index (χ2n) is 5.07. The van der Waals surface area contributed by atoms with Gasteiger partial charge in [0, 0.05) is 5.69 Å². The van der Waals surface area contributed by atoms with Gasteiger partial charge in [0.25, 0.3) is 0 Å². The maximum absolute atomic E-state index is 11.9. The van der Waals surface area contributed by atoms with Gasteiger partial charge in [-0.05, 0) is 44.4 Å². The number of para-hydroxylation sites is 1. The lowest BCUT2D eigenvalue weighted by Gasteiger charge is -2.14. The van der Waals surface area contributed by atoms with Gasteiger partial charge in [-0.2, -0.15) is 0 Å². The van der Waals surface area contributed by atoms with Gasteiger partial charge >= 0.3 is 0 Å².